The van der Waals surface area contributed by atoms with Crippen molar-refractivity contribution in [2.75, 3.05) is 0 Å². The first-order valence-electron chi connectivity index (χ1n) is 10.8. The highest BCUT2D eigenvalue weighted by atomic mass is 35.5. The number of nitrogens with zero attached hydrogens (tertiary/aromatic N) is 3. The van der Waals surface area contributed by atoms with E-state index < -0.39 is 17.6 Å². The van der Waals surface area contributed by atoms with Gasteiger partial charge in [-0.15, -0.1) is 10.2 Å². The third-order valence-electron chi connectivity index (χ3n) is 5.48. The first-order valence-corrected chi connectivity index (χ1v) is 12.2. The van der Waals surface area contributed by atoms with Gasteiger partial charge in [-0.2, -0.15) is 13.2 Å². The van der Waals surface area contributed by atoms with E-state index in [4.69, 9.17) is 21.1 Å². The van der Waals surface area contributed by atoms with Crippen molar-refractivity contribution >= 4 is 23.4 Å². The van der Waals surface area contributed by atoms with E-state index in [0.29, 0.717) is 45.9 Å². The second-order valence-electron chi connectivity index (χ2n) is 8.06. The van der Waals surface area contributed by atoms with Crippen LogP contribution in [0.2, 0.25) is 5.02 Å². The van der Waals surface area contributed by atoms with Gasteiger partial charge in [0.25, 0.3) is 0 Å². The molecule has 0 spiro atoms. The molecule has 0 aliphatic carbocycles. The number of benzene rings is 3. The van der Waals surface area contributed by atoms with Gasteiger partial charge >= 0.3 is 6.18 Å². The van der Waals surface area contributed by atoms with Crippen molar-refractivity contribution in [1.29, 1.82) is 0 Å². The molecule has 2 heterocycles. The number of alkyl halides is 3. The molecule has 1 aromatic heterocycles. The van der Waals surface area contributed by atoms with Gasteiger partial charge < -0.3 is 9.47 Å². The quantitative estimate of drug-likeness (QED) is 0.195. The Morgan fingerprint density at radius 3 is 2.44 bits per heavy atom. The van der Waals surface area contributed by atoms with E-state index in [1.807, 2.05) is 12.1 Å². The van der Waals surface area contributed by atoms with Crippen LogP contribution in [0.15, 0.2) is 65.8 Å². The maximum absolute atomic E-state index is 13.4. The molecule has 5 rings (SSSR count). The number of aromatic nitrogens is 3. The van der Waals surface area contributed by atoms with Gasteiger partial charge in [-0.3, -0.25) is 4.57 Å². The van der Waals surface area contributed by atoms with Crippen molar-refractivity contribution < 1.29 is 27.0 Å². The lowest BCUT2D eigenvalue weighted by Gasteiger charge is -2.13. The van der Waals surface area contributed by atoms with Crippen molar-refractivity contribution in [3.63, 3.8) is 0 Å². The minimum absolute atomic E-state index is 0.276. The Balaban J connectivity index is 1.48. The number of hydrogen-bond acceptors (Lipinski definition) is 5. The van der Waals surface area contributed by atoms with E-state index >= 15 is 0 Å². The number of halogens is 5. The fourth-order valence-corrected chi connectivity index (χ4v) is 5.05. The molecule has 0 amide bonds. The lowest BCUT2D eigenvalue weighted by molar-refractivity contribution is -0.137. The zero-order valence-corrected chi connectivity index (χ0v) is 20.3. The van der Waals surface area contributed by atoms with Crippen LogP contribution in [0.3, 0.4) is 0 Å². The molecule has 4 aromatic rings. The smallest absolute Gasteiger partial charge is 0.416 e. The fraction of sp³-hybridized carbons (Fsp3) is 0.200. The summed E-state index contributed by atoms with van der Waals surface area (Å²) in [5.41, 5.74) is 1.28. The van der Waals surface area contributed by atoms with Crippen LogP contribution >= 0.6 is 23.4 Å². The first kappa shape index (κ1) is 24.5. The predicted molar refractivity (Wildman–Crippen MR) is 127 cm³/mol. The average molecular weight is 536 g/mol. The lowest BCUT2D eigenvalue weighted by atomic mass is 10.1. The van der Waals surface area contributed by atoms with Gasteiger partial charge in [-0.1, -0.05) is 35.5 Å². The Kier molecular flexibility index (Phi) is 6.57. The molecule has 1 atom stereocenters. The first-order chi connectivity index (χ1) is 17.2. The highest BCUT2D eigenvalue weighted by Crippen LogP contribution is 2.36. The minimum atomic E-state index is -4.45. The van der Waals surface area contributed by atoms with E-state index in [1.165, 1.54) is 36.0 Å². The van der Waals surface area contributed by atoms with E-state index in [2.05, 4.69) is 10.2 Å². The van der Waals surface area contributed by atoms with Crippen LogP contribution in [0.4, 0.5) is 17.6 Å². The Hall–Kier alpha value is -3.24. The highest BCUT2D eigenvalue weighted by Gasteiger charge is 2.30. The summed E-state index contributed by atoms with van der Waals surface area (Å²) in [4.78, 5) is 0. The number of fused-ring (bicyclic) bond motifs is 1. The molecular weight excluding hydrogens is 518 g/mol. The largest absolute Gasteiger partial charge is 0.451 e. The number of hydrogen-bond donors (Lipinski definition) is 0. The molecule has 36 heavy (non-hydrogen) atoms. The molecule has 5 nitrogen and oxygen atoms in total. The third kappa shape index (κ3) is 5.15. The van der Waals surface area contributed by atoms with Crippen molar-refractivity contribution in [2.45, 2.75) is 36.7 Å². The molecule has 1 unspecified atom stereocenters. The van der Waals surface area contributed by atoms with E-state index in [1.54, 1.807) is 23.6 Å². The molecule has 1 aliphatic rings. The van der Waals surface area contributed by atoms with Crippen LogP contribution < -0.4 is 9.47 Å². The fourth-order valence-electron chi connectivity index (χ4n) is 3.76. The second-order valence-corrected chi connectivity index (χ2v) is 9.41. The van der Waals surface area contributed by atoms with Gasteiger partial charge in [-0.25, -0.2) is 4.39 Å². The van der Waals surface area contributed by atoms with E-state index in [-0.39, 0.29) is 11.3 Å². The van der Waals surface area contributed by atoms with Gasteiger partial charge in [-0.05, 0) is 59.7 Å². The summed E-state index contributed by atoms with van der Waals surface area (Å²) in [6, 6.07) is 14.4. The molecule has 0 N–H and O–H groups in total. The number of ether oxygens (including phenoxy) is 2. The Bertz CT molecular complexity index is 1410. The van der Waals surface area contributed by atoms with Gasteiger partial charge in [0.1, 0.15) is 11.6 Å². The molecule has 0 fully saturated rings. The van der Waals surface area contributed by atoms with Gasteiger partial charge in [0.15, 0.2) is 16.7 Å². The van der Waals surface area contributed by atoms with Crippen LogP contribution in [0.5, 0.6) is 11.5 Å². The summed E-state index contributed by atoms with van der Waals surface area (Å²) in [5, 5.41) is 9.34. The van der Waals surface area contributed by atoms with Gasteiger partial charge in [0, 0.05) is 29.8 Å². The monoisotopic (exact) mass is 535 g/mol. The van der Waals surface area contributed by atoms with E-state index in [0.717, 1.165) is 17.7 Å². The lowest BCUT2D eigenvalue weighted by Crippen LogP contribution is -2.11. The number of thioether (sulfide) groups is 1. The summed E-state index contributed by atoms with van der Waals surface area (Å²) in [6.45, 7) is 1.79. The maximum atomic E-state index is 13.4. The van der Waals surface area contributed by atoms with Gasteiger partial charge in [0.2, 0.25) is 6.29 Å². The minimum Gasteiger partial charge on any atom is -0.451 e. The second kappa shape index (κ2) is 9.67. The molecule has 0 saturated carbocycles. The maximum Gasteiger partial charge on any atom is 0.416 e. The SMILES string of the molecule is CC1Oc2ccc(Cc3nnc(SCc4ccc(F)cc4Cl)n3-c3ccc(C(F)(F)F)cc3)cc2O1. The molecular formula is C25H18ClF4N3O2S. The Morgan fingerprint density at radius 2 is 1.72 bits per heavy atom. The zero-order valence-electron chi connectivity index (χ0n) is 18.7. The molecule has 0 radical (unpaired) electrons. The normalized spacial score (nSPS) is 14.9. The Labute approximate surface area is 213 Å². The van der Waals surface area contributed by atoms with Crippen LogP contribution in [0.25, 0.3) is 5.69 Å². The zero-order chi connectivity index (χ0) is 25.4. The number of rotatable bonds is 6. The van der Waals surface area contributed by atoms with Crippen LogP contribution in [-0.2, 0) is 18.3 Å². The summed E-state index contributed by atoms with van der Waals surface area (Å²) in [6.07, 6.45) is -4.49. The summed E-state index contributed by atoms with van der Waals surface area (Å²) in [5.74, 6) is 1.69. The van der Waals surface area contributed by atoms with Crippen molar-refractivity contribution in [3.8, 4) is 17.2 Å². The van der Waals surface area contributed by atoms with Crippen LogP contribution in [0.1, 0.15) is 29.4 Å². The molecule has 11 heteroatoms. The predicted octanol–water partition coefficient (Wildman–Crippen LogP) is 7.08. The molecule has 0 bridgehead atoms. The van der Waals surface area contributed by atoms with E-state index in [9.17, 15) is 17.6 Å². The van der Waals surface area contributed by atoms with Crippen molar-refractivity contribution in [1.82, 2.24) is 14.8 Å². The topological polar surface area (TPSA) is 49.2 Å². The standard InChI is InChI=1S/C25H18ClF4N3O2S/c1-14-34-21-9-2-15(10-22(21)35-14)11-23-31-32-24(36-13-16-3-6-18(27)12-20(16)26)33(23)19-7-4-17(5-8-19)25(28,29)30/h2-10,12,14H,11,13H2,1H3. The third-order valence-corrected chi connectivity index (χ3v) is 6.81. The molecule has 3 aromatic carbocycles. The molecule has 0 saturated heterocycles. The summed E-state index contributed by atoms with van der Waals surface area (Å²) in [7, 11) is 0. The van der Waals surface area contributed by atoms with Crippen LogP contribution in [0, 0.1) is 5.82 Å². The summed E-state index contributed by atoms with van der Waals surface area (Å²) < 4.78 is 65.7. The highest BCUT2D eigenvalue weighted by molar-refractivity contribution is 7.98. The molecule has 186 valence electrons. The average Bonchev–Trinajstić information content (AvgIpc) is 3.39. The molecule has 1 aliphatic heterocycles. The van der Waals surface area contributed by atoms with Crippen LogP contribution in [-0.4, -0.2) is 21.1 Å². The van der Waals surface area contributed by atoms with Crippen molar-refractivity contribution in [2.24, 2.45) is 0 Å². The van der Waals surface area contributed by atoms with Crippen molar-refractivity contribution in [3.05, 3.63) is 94.0 Å². The van der Waals surface area contributed by atoms with Gasteiger partial charge in [0.05, 0.1) is 5.56 Å². The Morgan fingerprint density at radius 1 is 0.972 bits per heavy atom. The summed E-state index contributed by atoms with van der Waals surface area (Å²) >= 11 is 7.45.